The number of halogens is 1. The highest BCUT2D eigenvalue weighted by atomic mass is 19.1. The van der Waals surface area contributed by atoms with Gasteiger partial charge in [-0.05, 0) is 18.1 Å². The van der Waals surface area contributed by atoms with Crippen LogP contribution in [0.5, 0.6) is 0 Å². The smallest absolute Gasteiger partial charge is 0.305 e. The summed E-state index contributed by atoms with van der Waals surface area (Å²) in [6.07, 6.45) is 0. The fourth-order valence-electron chi connectivity index (χ4n) is 1.64. The van der Waals surface area contributed by atoms with Gasteiger partial charge in [-0.25, -0.2) is 0 Å². The Morgan fingerprint density at radius 2 is 2.11 bits per heavy atom. The van der Waals surface area contributed by atoms with Gasteiger partial charge in [-0.3, -0.25) is 14.9 Å². The monoisotopic (exact) mass is 254 g/mol. The number of benzene rings is 1. The molecule has 0 heterocycles. The molecule has 6 heteroatoms. The second-order valence-electron chi connectivity index (χ2n) is 4.50. The minimum Gasteiger partial charge on any atom is -0.341 e. The largest absolute Gasteiger partial charge is 0.341 e. The molecule has 0 atom stereocenters. The van der Waals surface area contributed by atoms with E-state index in [0.29, 0.717) is 6.54 Å². The highest BCUT2D eigenvalue weighted by Crippen LogP contribution is 2.19. The first-order valence-electron chi connectivity index (χ1n) is 5.52. The van der Waals surface area contributed by atoms with E-state index in [4.69, 9.17) is 0 Å². The Morgan fingerprint density at radius 3 is 2.61 bits per heavy atom. The molecule has 0 bridgehead atoms. The standard InChI is InChI=1S/C12H15FN2O3/c1-8(2)7-14(3)12(16)9-4-5-10(13)11(6-9)15(17)18/h4-6,8H,7H2,1-3H3. The van der Waals surface area contributed by atoms with E-state index in [2.05, 4.69) is 0 Å². The van der Waals surface area contributed by atoms with Crippen LogP contribution in [0.4, 0.5) is 10.1 Å². The summed E-state index contributed by atoms with van der Waals surface area (Å²) in [5.74, 6) is -1.01. The van der Waals surface area contributed by atoms with E-state index in [1.165, 1.54) is 11.0 Å². The summed E-state index contributed by atoms with van der Waals surface area (Å²) in [5.41, 5.74) is -0.565. The highest BCUT2D eigenvalue weighted by Gasteiger charge is 2.19. The van der Waals surface area contributed by atoms with E-state index in [9.17, 15) is 19.3 Å². The molecule has 0 spiro atoms. The maximum atomic E-state index is 13.1. The van der Waals surface area contributed by atoms with Crippen LogP contribution in [-0.4, -0.2) is 29.3 Å². The number of amides is 1. The molecule has 0 aromatic heterocycles. The molecule has 0 radical (unpaired) electrons. The van der Waals surface area contributed by atoms with E-state index in [-0.39, 0.29) is 17.4 Å². The lowest BCUT2D eigenvalue weighted by Crippen LogP contribution is -2.30. The fourth-order valence-corrected chi connectivity index (χ4v) is 1.64. The van der Waals surface area contributed by atoms with Gasteiger partial charge in [0.15, 0.2) is 0 Å². The third-order valence-electron chi connectivity index (χ3n) is 2.38. The topological polar surface area (TPSA) is 63.5 Å². The van der Waals surface area contributed by atoms with Crippen molar-refractivity contribution < 1.29 is 14.1 Å². The van der Waals surface area contributed by atoms with Gasteiger partial charge >= 0.3 is 5.69 Å². The first-order valence-corrected chi connectivity index (χ1v) is 5.52. The first kappa shape index (κ1) is 14.1. The van der Waals surface area contributed by atoms with E-state index in [1.807, 2.05) is 13.8 Å². The third-order valence-corrected chi connectivity index (χ3v) is 2.38. The normalized spacial score (nSPS) is 10.5. The van der Waals surface area contributed by atoms with Crippen LogP contribution < -0.4 is 0 Å². The zero-order valence-electron chi connectivity index (χ0n) is 10.5. The molecule has 1 aromatic rings. The molecule has 18 heavy (non-hydrogen) atoms. The number of rotatable bonds is 4. The first-order chi connectivity index (χ1) is 8.32. The molecule has 0 saturated carbocycles. The number of nitrogens with zero attached hydrogens (tertiary/aromatic N) is 2. The third kappa shape index (κ3) is 3.26. The van der Waals surface area contributed by atoms with Crippen molar-refractivity contribution in [3.63, 3.8) is 0 Å². The Labute approximate surface area is 104 Å². The molecule has 0 unspecified atom stereocenters. The predicted octanol–water partition coefficient (Wildman–Crippen LogP) is 2.46. The molecule has 0 N–H and O–H groups in total. The molecule has 98 valence electrons. The second kappa shape index (κ2) is 5.57. The quantitative estimate of drug-likeness (QED) is 0.612. The van der Waals surface area contributed by atoms with Crippen molar-refractivity contribution in [2.45, 2.75) is 13.8 Å². The van der Waals surface area contributed by atoms with Crippen LogP contribution in [0.25, 0.3) is 0 Å². The van der Waals surface area contributed by atoms with Gasteiger partial charge in [0, 0.05) is 25.2 Å². The van der Waals surface area contributed by atoms with E-state index in [0.717, 1.165) is 12.1 Å². The van der Waals surface area contributed by atoms with Crippen LogP contribution >= 0.6 is 0 Å². The lowest BCUT2D eigenvalue weighted by molar-refractivity contribution is -0.387. The van der Waals surface area contributed by atoms with Crippen molar-refractivity contribution in [1.29, 1.82) is 0 Å². The van der Waals surface area contributed by atoms with Crippen LogP contribution in [-0.2, 0) is 0 Å². The predicted molar refractivity (Wildman–Crippen MR) is 64.9 cm³/mol. The minimum absolute atomic E-state index is 0.117. The van der Waals surface area contributed by atoms with E-state index in [1.54, 1.807) is 7.05 Å². The van der Waals surface area contributed by atoms with Crippen molar-refractivity contribution in [2.75, 3.05) is 13.6 Å². The average molecular weight is 254 g/mol. The molecule has 1 rings (SSSR count). The lowest BCUT2D eigenvalue weighted by atomic mass is 10.1. The zero-order valence-corrected chi connectivity index (χ0v) is 10.5. The molecule has 0 aliphatic carbocycles. The summed E-state index contributed by atoms with van der Waals surface area (Å²) in [5, 5.41) is 10.6. The number of hydrogen-bond acceptors (Lipinski definition) is 3. The van der Waals surface area contributed by atoms with Crippen LogP contribution in [0.3, 0.4) is 0 Å². The molecule has 0 fully saturated rings. The van der Waals surface area contributed by atoms with Gasteiger partial charge in [-0.15, -0.1) is 0 Å². The van der Waals surface area contributed by atoms with Crippen LogP contribution in [0.2, 0.25) is 0 Å². The maximum absolute atomic E-state index is 13.1. The van der Waals surface area contributed by atoms with Crippen LogP contribution in [0.1, 0.15) is 24.2 Å². The Hall–Kier alpha value is -1.98. The summed E-state index contributed by atoms with van der Waals surface area (Å²) in [6, 6.07) is 3.16. The highest BCUT2D eigenvalue weighted by molar-refractivity contribution is 5.94. The fraction of sp³-hybridized carbons (Fsp3) is 0.417. The Bertz CT molecular complexity index is 474. The van der Waals surface area contributed by atoms with E-state index < -0.39 is 16.4 Å². The summed E-state index contributed by atoms with van der Waals surface area (Å²) < 4.78 is 13.1. The van der Waals surface area contributed by atoms with Gasteiger partial charge < -0.3 is 4.90 Å². The van der Waals surface area contributed by atoms with Crippen molar-refractivity contribution in [3.8, 4) is 0 Å². The van der Waals surface area contributed by atoms with Crippen molar-refractivity contribution in [2.24, 2.45) is 5.92 Å². The van der Waals surface area contributed by atoms with Crippen LogP contribution in [0, 0.1) is 21.8 Å². The number of nitro groups is 1. The number of hydrogen-bond donors (Lipinski definition) is 0. The molecule has 0 saturated heterocycles. The van der Waals surface area contributed by atoms with Gasteiger partial charge in [0.1, 0.15) is 0 Å². The molecule has 1 aromatic carbocycles. The molecule has 0 aliphatic rings. The van der Waals surface area contributed by atoms with Crippen molar-refractivity contribution in [1.82, 2.24) is 4.90 Å². The summed E-state index contributed by atoms with van der Waals surface area (Å²) in [4.78, 5) is 23.2. The van der Waals surface area contributed by atoms with Crippen molar-refractivity contribution >= 4 is 11.6 Å². The molecular weight excluding hydrogens is 239 g/mol. The Morgan fingerprint density at radius 1 is 1.50 bits per heavy atom. The SMILES string of the molecule is CC(C)CN(C)C(=O)c1ccc(F)c([N+](=O)[O-])c1. The Balaban J connectivity index is 3.00. The van der Waals surface area contributed by atoms with Crippen molar-refractivity contribution in [3.05, 3.63) is 39.7 Å². The number of nitro benzene ring substituents is 1. The number of carbonyl (C=O) groups is 1. The molecular formula is C12H15FN2O3. The number of carbonyl (C=O) groups excluding carboxylic acids is 1. The summed E-state index contributed by atoms with van der Waals surface area (Å²) in [7, 11) is 1.61. The van der Waals surface area contributed by atoms with Gasteiger partial charge in [0.25, 0.3) is 5.91 Å². The second-order valence-corrected chi connectivity index (χ2v) is 4.50. The lowest BCUT2D eigenvalue weighted by Gasteiger charge is -2.19. The summed E-state index contributed by atoms with van der Waals surface area (Å²) in [6.45, 7) is 4.44. The molecule has 1 amide bonds. The van der Waals surface area contributed by atoms with Gasteiger partial charge in [-0.1, -0.05) is 13.8 Å². The van der Waals surface area contributed by atoms with E-state index >= 15 is 0 Å². The van der Waals surface area contributed by atoms with Gasteiger partial charge in [-0.2, -0.15) is 4.39 Å². The molecule has 0 aliphatic heterocycles. The van der Waals surface area contributed by atoms with Crippen LogP contribution in [0.15, 0.2) is 18.2 Å². The maximum Gasteiger partial charge on any atom is 0.305 e. The van der Waals surface area contributed by atoms with Gasteiger partial charge in [0.05, 0.1) is 4.92 Å². The molecule has 5 nitrogen and oxygen atoms in total. The zero-order chi connectivity index (χ0) is 13.9. The minimum atomic E-state index is -0.942. The Kier molecular flexibility index (Phi) is 4.36. The summed E-state index contributed by atoms with van der Waals surface area (Å²) >= 11 is 0. The average Bonchev–Trinajstić information content (AvgIpc) is 2.27. The van der Waals surface area contributed by atoms with Gasteiger partial charge in [0.2, 0.25) is 5.82 Å².